The Bertz CT molecular complexity index is 1400. The molecule has 15 heteroatoms. The van der Waals surface area contributed by atoms with E-state index in [-0.39, 0.29) is 16.8 Å². The lowest BCUT2D eigenvalue weighted by atomic mass is 10.1. The van der Waals surface area contributed by atoms with Crippen LogP contribution >= 0.6 is 23.1 Å². The lowest BCUT2D eigenvalue weighted by molar-refractivity contribution is 0.0972. The molecule has 0 bridgehead atoms. The third-order valence-electron chi connectivity index (χ3n) is 3.92. The highest BCUT2D eigenvalue weighted by Gasteiger charge is 2.34. The Balaban J connectivity index is 2.08. The van der Waals surface area contributed by atoms with Gasteiger partial charge in [-0.1, -0.05) is 78.5 Å². The highest BCUT2D eigenvalue weighted by Crippen LogP contribution is 2.31. The summed E-state index contributed by atoms with van der Waals surface area (Å²) in [6.07, 6.45) is 0. The minimum absolute atomic E-state index is 0.196. The van der Waals surface area contributed by atoms with Crippen LogP contribution in [-0.2, 0) is 16.6 Å². The van der Waals surface area contributed by atoms with Gasteiger partial charge in [0, 0.05) is 5.56 Å². The van der Waals surface area contributed by atoms with Crippen molar-refractivity contribution in [2.75, 3.05) is 11.2 Å². The Labute approximate surface area is 197 Å². The number of nitrogens with one attached hydrogen (secondary N) is 1. The van der Waals surface area contributed by atoms with Gasteiger partial charge < -0.3 is 9.69 Å². The summed E-state index contributed by atoms with van der Waals surface area (Å²) in [6, 6.07) is 8.21. The zero-order chi connectivity index (χ0) is 24.0. The molecule has 0 spiro atoms. The number of hydrogen-bond acceptors (Lipinski definition) is 10. The van der Waals surface area contributed by atoms with E-state index in [0.717, 1.165) is 21.7 Å². The van der Waals surface area contributed by atoms with Crippen molar-refractivity contribution in [3.8, 4) is 0 Å². The fraction of sp³-hybridized carbons (Fsp3) is 0.167. The van der Waals surface area contributed by atoms with E-state index in [1.807, 2.05) is 6.92 Å². The normalized spacial score (nSPS) is 11.6. The predicted octanol–water partition coefficient (Wildman–Crippen LogP) is 2.89. The number of aromatic nitrogens is 4. The number of benzene rings is 1. The molecule has 0 atom stereocenters. The molecule has 0 radical (unpaired) electrons. The fourth-order valence-corrected chi connectivity index (χ4v) is 4.74. The second-order valence-corrected chi connectivity index (χ2v) is 10.0. The first kappa shape index (κ1) is 24.0. The average Bonchev–Trinajstić information content (AvgIpc) is 3.38. The maximum Gasteiger partial charge on any atom is 0.336 e. The fourth-order valence-electron chi connectivity index (χ4n) is 2.57. The highest BCUT2D eigenvalue weighted by molar-refractivity contribution is 8.05. The summed E-state index contributed by atoms with van der Waals surface area (Å²) in [5, 5.41) is 16.4. The summed E-state index contributed by atoms with van der Waals surface area (Å²) >= 11 is 2.59. The number of hydrogen-bond donors (Lipinski definition) is 2. The summed E-state index contributed by atoms with van der Waals surface area (Å²) in [5.74, 6) is -0.763. The lowest BCUT2D eigenvalue weighted by Crippen LogP contribution is -2.29. The monoisotopic (exact) mass is 501 g/mol. The number of ketones is 1. The highest BCUT2D eigenvalue weighted by atomic mass is 32.2. The molecular weight excluding hydrogens is 486 g/mol. The summed E-state index contributed by atoms with van der Waals surface area (Å²) in [4.78, 5) is 23.1. The Kier molecular flexibility index (Phi) is 7.52. The van der Waals surface area contributed by atoms with Crippen molar-refractivity contribution in [2.45, 2.75) is 17.8 Å². The summed E-state index contributed by atoms with van der Waals surface area (Å²) in [7, 11) is -4.50. The van der Waals surface area contributed by atoms with E-state index in [0.29, 0.717) is 9.90 Å². The first-order chi connectivity index (χ1) is 15.8. The molecule has 1 aromatic carbocycles. The van der Waals surface area contributed by atoms with Crippen LogP contribution in [0.1, 0.15) is 23.1 Å². The maximum absolute atomic E-state index is 12.8. The van der Waals surface area contributed by atoms with Crippen molar-refractivity contribution in [1.29, 1.82) is 0 Å². The van der Waals surface area contributed by atoms with E-state index >= 15 is 0 Å². The van der Waals surface area contributed by atoms with E-state index in [1.54, 1.807) is 30.3 Å². The second kappa shape index (κ2) is 10.3. The third kappa shape index (κ3) is 5.60. The topological polar surface area (TPSA) is 154 Å². The van der Waals surface area contributed by atoms with Gasteiger partial charge in [-0.15, -0.1) is 10.2 Å². The van der Waals surface area contributed by atoms with Gasteiger partial charge in [-0.3, -0.25) is 9.36 Å². The molecule has 3 rings (SSSR count). The van der Waals surface area contributed by atoms with Crippen LogP contribution in [0.3, 0.4) is 0 Å². The third-order valence-corrected chi connectivity index (χ3v) is 6.58. The van der Waals surface area contributed by atoms with Gasteiger partial charge in [-0.05, 0) is 5.75 Å². The van der Waals surface area contributed by atoms with Gasteiger partial charge in [0.25, 0.3) is 26.7 Å². The number of primary sulfonamides is 1. The van der Waals surface area contributed by atoms with E-state index in [4.69, 9.17) is 18.3 Å². The summed E-state index contributed by atoms with van der Waals surface area (Å²) < 4.78 is 26.3. The maximum atomic E-state index is 12.8. The molecule has 2 heterocycles. The molecule has 0 aliphatic rings. The van der Waals surface area contributed by atoms with Crippen LogP contribution in [0.4, 0.5) is 16.8 Å². The molecule has 0 unspecified atom stereocenters. The van der Waals surface area contributed by atoms with Crippen LogP contribution in [0.25, 0.3) is 9.69 Å². The Morgan fingerprint density at radius 2 is 2.00 bits per heavy atom. The smallest absolute Gasteiger partial charge is 0.336 e. The van der Waals surface area contributed by atoms with Crippen molar-refractivity contribution in [3.63, 3.8) is 0 Å². The van der Waals surface area contributed by atoms with Crippen LogP contribution in [0, 0.1) is 13.1 Å². The molecule has 0 amide bonds. The number of sulfonamides is 1. The van der Waals surface area contributed by atoms with Crippen molar-refractivity contribution in [2.24, 2.45) is 10.2 Å². The van der Waals surface area contributed by atoms with Crippen LogP contribution in [-0.4, -0.2) is 44.7 Å². The largest absolute Gasteiger partial charge is 0.373 e. The van der Waals surface area contributed by atoms with Crippen molar-refractivity contribution < 1.29 is 13.2 Å². The zero-order valence-corrected chi connectivity index (χ0v) is 19.4. The molecular formula is C18H15N9O3S3. The van der Waals surface area contributed by atoms with Crippen LogP contribution in [0.15, 0.2) is 39.8 Å². The second-order valence-electron chi connectivity index (χ2n) is 6.06. The number of carbonyl (C=O) groups is 1. The first-order valence-corrected chi connectivity index (χ1v) is 12.4. The minimum atomic E-state index is -4.50. The van der Waals surface area contributed by atoms with Crippen molar-refractivity contribution >= 4 is 60.7 Å². The average molecular weight is 502 g/mol. The van der Waals surface area contributed by atoms with E-state index < -0.39 is 33.2 Å². The molecule has 168 valence electrons. The number of nitrogens with zero attached hydrogens (tertiary/aromatic N) is 7. The number of carbonyl (C=O) groups excluding carboxylic acids is 1. The number of Topliss-reactive ketones (excluding diaryl/α,β-unsaturated/α-hetero) is 1. The number of anilines is 1. The van der Waals surface area contributed by atoms with Crippen molar-refractivity contribution in [1.82, 2.24) is 19.7 Å². The molecule has 0 fully saturated rings. The SMILES string of the molecule is [C-]#[N+]c1nc(C(=NNc2nnc(SCC)s2)S(N)(=O)=O)n(CC(=O)c2ccccc2)c1[N+]#[C-]. The van der Waals surface area contributed by atoms with Gasteiger partial charge >= 0.3 is 5.82 Å². The molecule has 0 aliphatic heterocycles. The summed E-state index contributed by atoms with van der Waals surface area (Å²) in [5.41, 5.74) is 2.81. The Morgan fingerprint density at radius 3 is 2.61 bits per heavy atom. The molecule has 2 aromatic heterocycles. The minimum Gasteiger partial charge on any atom is -0.373 e. The molecule has 33 heavy (non-hydrogen) atoms. The van der Waals surface area contributed by atoms with Gasteiger partial charge in [0.05, 0.1) is 0 Å². The van der Waals surface area contributed by atoms with E-state index in [9.17, 15) is 13.2 Å². The molecule has 0 saturated heterocycles. The van der Waals surface area contributed by atoms with Crippen LogP contribution in [0.5, 0.6) is 0 Å². The van der Waals surface area contributed by atoms with Gasteiger partial charge in [-0.25, -0.2) is 19.0 Å². The number of thioether (sulfide) groups is 1. The molecule has 0 aliphatic carbocycles. The number of rotatable bonds is 8. The van der Waals surface area contributed by atoms with Gasteiger partial charge in [0.2, 0.25) is 10.9 Å². The van der Waals surface area contributed by atoms with Crippen LogP contribution < -0.4 is 10.6 Å². The van der Waals surface area contributed by atoms with Crippen LogP contribution in [0.2, 0.25) is 0 Å². The quantitative estimate of drug-likeness (QED) is 0.119. The Morgan fingerprint density at radius 1 is 1.27 bits per heavy atom. The molecule has 0 saturated carbocycles. The van der Waals surface area contributed by atoms with E-state index in [1.165, 1.54) is 11.8 Å². The zero-order valence-electron chi connectivity index (χ0n) is 17.0. The first-order valence-electron chi connectivity index (χ1n) is 9.05. The number of hydrazone groups is 1. The Hall–Kier alpha value is -3.63. The molecule has 12 nitrogen and oxygen atoms in total. The lowest BCUT2D eigenvalue weighted by Gasteiger charge is -2.05. The predicted molar refractivity (Wildman–Crippen MR) is 125 cm³/mol. The summed E-state index contributed by atoms with van der Waals surface area (Å²) in [6.45, 7) is 16.2. The molecule has 3 aromatic rings. The van der Waals surface area contributed by atoms with Gasteiger partial charge in [-0.2, -0.15) is 5.10 Å². The standard InChI is InChI=1S/C18H15N9O3S3/c1-4-31-18-26-25-17(32-18)24-23-16(33(19,29)30)15-22-13(20-2)14(21-3)27(15)10-12(28)11-8-6-5-7-9-11/h5-9H,4,10H2,1H3,(H,24,25)(H2,19,29,30). The van der Waals surface area contributed by atoms with Gasteiger partial charge in [0.15, 0.2) is 4.34 Å². The van der Waals surface area contributed by atoms with Gasteiger partial charge in [0.1, 0.15) is 6.54 Å². The van der Waals surface area contributed by atoms with Crippen molar-refractivity contribution in [3.05, 3.63) is 64.6 Å². The molecule has 3 N–H and O–H groups in total. The number of imidazole rings is 1. The van der Waals surface area contributed by atoms with E-state index in [2.05, 4.69) is 35.4 Å². The number of nitrogens with two attached hydrogens (primary N) is 1.